The van der Waals surface area contributed by atoms with Crippen molar-refractivity contribution in [3.8, 4) is 0 Å². The van der Waals surface area contributed by atoms with Gasteiger partial charge in [-0.15, -0.1) is 0 Å². The molecule has 1 saturated carbocycles. The fraction of sp³-hybridized carbons (Fsp3) is 0.650. The monoisotopic (exact) mass is 318 g/mol. The van der Waals surface area contributed by atoms with E-state index in [-0.39, 0.29) is 12.1 Å². The first-order valence-electron chi connectivity index (χ1n) is 8.90. The minimum absolute atomic E-state index is 0.0693. The fourth-order valence-corrected chi connectivity index (χ4v) is 3.92. The number of rotatable bonds is 5. The molecule has 1 unspecified atom stereocenters. The maximum Gasteiger partial charge on any atom is 0.338 e. The van der Waals surface area contributed by atoms with Crippen molar-refractivity contribution in [2.24, 2.45) is 0 Å². The van der Waals surface area contributed by atoms with E-state index in [1.807, 2.05) is 39.0 Å². The molecule has 1 aromatic carbocycles. The summed E-state index contributed by atoms with van der Waals surface area (Å²) >= 11 is 0. The van der Waals surface area contributed by atoms with Crippen LogP contribution in [0.5, 0.6) is 0 Å². The topological polar surface area (TPSA) is 26.3 Å². The molecule has 0 N–H and O–H groups in total. The summed E-state index contributed by atoms with van der Waals surface area (Å²) in [6.45, 7) is 6.90. The first-order chi connectivity index (χ1) is 10.8. The van der Waals surface area contributed by atoms with E-state index in [4.69, 9.17) is 4.74 Å². The van der Waals surface area contributed by atoms with E-state index in [0.717, 1.165) is 16.6 Å². The summed E-state index contributed by atoms with van der Waals surface area (Å²) in [7, 11) is 4.55. The van der Waals surface area contributed by atoms with E-state index >= 15 is 0 Å². The normalized spacial score (nSPS) is 17.8. The van der Waals surface area contributed by atoms with Crippen LogP contribution in [0.4, 0.5) is 0 Å². The lowest BCUT2D eigenvalue weighted by molar-refractivity contribution is -0.918. The van der Waals surface area contributed by atoms with E-state index in [1.165, 1.54) is 37.7 Å². The van der Waals surface area contributed by atoms with Crippen LogP contribution in [-0.2, 0) is 4.74 Å². The van der Waals surface area contributed by atoms with Crippen molar-refractivity contribution < 1.29 is 14.0 Å². The van der Waals surface area contributed by atoms with Gasteiger partial charge in [-0.2, -0.15) is 0 Å². The highest BCUT2D eigenvalue weighted by atomic mass is 16.5. The molecule has 1 atom stereocenters. The van der Waals surface area contributed by atoms with Gasteiger partial charge in [-0.3, -0.25) is 0 Å². The quantitative estimate of drug-likeness (QED) is 0.599. The van der Waals surface area contributed by atoms with Crippen LogP contribution in [-0.4, -0.2) is 43.2 Å². The third kappa shape index (κ3) is 4.81. The Balaban J connectivity index is 1.95. The van der Waals surface area contributed by atoms with Crippen molar-refractivity contribution >= 4 is 5.97 Å². The van der Waals surface area contributed by atoms with Crippen LogP contribution in [0.15, 0.2) is 18.2 Å². The zero-order valence-electron chi connectivity index (χ0n) is 15.4. The third-order valence-corrected chi connectivity index (χ3v) is 5.20. The minimum Gasteiger partial charge on any atom is -0.453 e. The number of aryl methyl sites for hydroxylation is 2. The Morgan fingerprint density at radius 1 is 1.22 bits per heavy atom. The second-order valence-electron chi connectivity index (χ2n) is 7.79. The van der Waals surface area contributed by atoms with Crippen molar-refractivity contribution in [1.82, 2.24) is 0 Å². The van der Waals surface area contributed by atoms with Gasteiger partial charge in [0, 0.05) is 0 Å². The summed E-state index contributed by atoms with van der Waals surface area (Å²) < 4.78 is 6.67. The van der Waals surface area contributed by atoms with Gasteiger partial charge in [-0.1, -0.05) is 24.1 Å². The van der Waals surface area contributed by atoms with Crippen molar-refractivity contribution in [3.05, 3.63) is 34.9 Å². The molecule has 0 aliphatic heterocycles. The molecule has 0 aromatic heterocycles. The van der Waals surface area contributed by atoms with Crippen LogP contribution in [0.25, 0.3) is 0 Å². The molecular formula is C20H32NO2+. The molecule has 0 radical (unpaired) electrons. The zero-order chi connectivity index (χ0) is 17.0. The molecule has 1 aliphatic rings. The van der Waals surface area contributed by atoms with Gasteiger partial charge in [-0.05, 0) is 58.1 Å². The van der Waals surface area contributed by atoms with Gasteiger partial charge in [-0.25, -0.2) is 4.79 Å². The molecule has 128 valence electrons. The summed E-state index contributed by atoms with van der Waals surface area (Å²) in [6.07, 6.45) is 6.56. The predicted octanol–water partition coefficient (Wildman–Crippen LogP) is 4.26. The van der Waals surface area contributed by atoms with Gasteiger partial charge in [0.05, 0.1) is 25.7 Å². The molecule has 0 heterocycles. The first-order valence-corrected chi connectivity index (χ1v) is 8.90. The van der Waals surface area contributed by atoms with Crippen LogP contribution >= 0.6 is 0 Å². The number of esters is 1. The van der Waals surface area contributed by atoms with E-state index in [2.05, 4.69) is 14.1 Å². The molecule has 1 aromatic rings. The summed E-state index contributed by atoms with van der Waals surface area (Å²) in [4.78, 5) is 12.4. The molecule has 0 saturated heterocycles. The van der Waals surface area contributed by atoms with Crippen molar-refractivity contribution in [1.29, 1.82) is 0 Å². The average molecular weight is 318 g/mol. The Morgan fingerprint density at radius 2 is 1.87 bits per heavy atom. The number of carbonyl (C=O) groups excluding carboxylic acids is 1. The Morgan fingerprint density at radius 3 is 2.48 bits per heavy atom. The van der Waals surface area contributed by atoms with Gasteiger partial charge >= 0.3 is 5.97 Å². The lowest BCUT2D eigenvalue weighted by atomic mass is 9.93. The Bertz CT molecular complexity index is 545. The first kappa shape index (κ1) is 18.0. The fourth-order valence-electron chi connectivity index (χ4n) is 3.92. The average Bonchev–Trinajstić information content (AvgIpc) is 2.47. The predicted molar refractivity (Wildman–Crippen MR) is 94.6 cm³/mol. The molecule has 1 fully saturated rings. The highest BCUT2D eigenvalue weighted by molar-refractivity contribution is 5.91. The van der Waals surface area contributed by atoms with E-state index < -0.39 is 0 Å². The van der Waals surface area contributed by atoms with Crippen LogP contribution in [0.2, 0.25) is 0 Å². The van der Waals surface area contributed by atoms with Crippen LogP contribution in [0.1, 0.15) is 60.5 Å². The Kier molecular flexibility index (Phi) is 5.85. The highest BCUT2D eigenvalue weighted by Crippen LogP contribution is 2.26. The molecule has 1 aliphatic carbocycles. The Hall–Kier alpha value is -1.35. The van der Waals surface area contributed by atoms with Gasteiger partial charge < -0.3 is 9.22 Å². The number of nitrogens with zero attached hydrogens (tertiary/aromatic N) is 1. The number of quaternary nitrogens is 1. The van der Waals surface area contributed by atoms with Crippen molar-refractivity contribution in [3.63, 3.8) is 0 Å². The number of ether oxygens (including phenoxy) is 1. The molecule has 2 rings (SSSR count). The SMILES string of the molecule is Cc1ccc(C(=O)OC(C)C[N+](C)(C)C2CCCCC2)c(C)c1. The second-order valence-corrected chi connectivity index (χ2v) is 7.79. The van der Waals surface area contributed by atoms with Gasteiger partial charge in [0.2, 0.25) is 0 Å². The molecular weight excluding hydrogens is 286 g/mol. The van der Waals surface area contributed by atoms with Crippen LogP contribution in [0, 0.1) is 13.8 Å². The van der Waals surface area contributed by atoms with E-state index in [0.29, 0.717) is 11.6 Å². The van der Waals surface area contributed by atoms with Gasteiger partial charge in [0.15, 0.2) is 0 Å². The maximum atomic E-state index is 12.4. The number of likely N-dealkylation sites (N-methyl/N-ethyl adjacent to an activating group) is 1. The standard InChI is InChI=1S/C20H32NO2/c1-15-11-12-19(16(2)13-15)20(22)23-17(3)14-21(4,5)18-9-7-6-8-10-18/h11-13,17-18H,6-10,14H2,1-5H3/q+1. The molecule has 23 heavy (non-hydrogen) atoms. The number of carbonyl (C=O) groups is 1. The van der Waals surface area contributed by atoms with Crippen molar-refractivity contribution in [2.75, 3.05) is 20.6 Å². The summed E-state index contributed by atoms with van der Waals surface area (Å²) in [5.41, 5.74) is 2.84. The van der Waals surface area contributed by atoms with Crippen LogP contribution < -0.4 is 0 Å². The number of benzene rings is 1. The Labute approximate surface area is 141 Å². The van der Waals surface area contributed by atoms with Crippen LogP contribution in [0.3, 0.4) is 0 Å². The lowest BCUT2D eigenvalue weighted by Gasteiger charge is -2.41. The smallest absolute Gasteiger partial charge is 0.338 e. The molecule has 0 amide bonds. The summed E-state index contributed by atoms with van der Waals surface area (Å²) in [5, 5.41) is 0. The van der Waals surface area contributed by atoms with Crippen molar-refractivity contribution in [2.45, 2.75) is 65.0 Å². The zero-order valence-corrected chi connectivity index (χ0v) is 15.4. The molecule has 0 spiro atoms. The minimum atomic E-state index is -0.196. The maximum absolute atomic E-state index is 12.4. The van der Waals surface area contributed by atoms with E-state index in [1.54, 1.807) is 0 Å². The molecule has 3 heteroatoms. The molecule has 3 nitrogen and oxygen atoms in total. The largest absolute Gasteiger partial charge is 0.453 e. The van der Waals surface area contributed by atoms with E-state index in [9.17, 15) is 4.79 Å². The summed E-state index contributed by atoms with van der Waals surface area (Å²) in [6, 6.07) is 6.58. The second kappa shape index (κ2) is 7.48. The van der Waals surface area contributed by atoms with Gasteiger partial charge in [0.25, 0.3) is 0 Å². The molecule has 0 bridgehead atoms. The number of hydrogen-bond donors (Lipinski definition) is 0. The highest BCUT2D eigenvalue weighted by Gasteiger charge is 2.32. The third-order valence-electron chi connectivity index (χ3n) is 5.20. The lowest BCUT2D eigenvalue weighted by Crippen LogP contribution is -2.53. The van der Waals surface area contributed by atoms with Gasteiger partial charge in [0.1, 0.15) is 12.6 Å². The summed E-state index contributed by atoms with van der Waals surface area (Å²) in [5.74, 6) is -0.196. The number of hydrogen-bond acceptors (Lipinski definition) is 2.